The standard InChI is InChI=1S/C12H13ClF3NO/c1-2-4-17(5-3-13)12(18)11-9(15)6-8(14)7-10(11)16/h6-7H,2-5H2,1H3. The van der Waals surface area contributed by atoms with Gasteiger partial charge in [0.2, 0.25) is 0 Å². The SMILES string of the molecule is CCCN(CCCl)C(=O)c1c(F)cc(F)cc1F. The summed E-state index contributed by atoms with van der Waals surface area (Å²) in [6.07, 6.45) is 0.632. The maximum absolute atomic E-state index is 13.4. The summed E-state index contributed by atoms with van der Waals surface area (Å²) in [5.41, 5.74) is -0.741. The van der Waals surface area contributed by atoms with Crippen molar-refractivity contribution in [3.8, 4) is 0 Å². The van der Waals surface area contributed by atoms with Crippen molar-refractivity contribution in [2.24, 2.45) is 0 Å². The Kier molecular flexibility index (Phi) is 5.47. The van der Waals surface area contributed by atoms with Crippen molar-refractivity contribution in [1.82, 2.24) is 4.90 Å². The monoisotopic (exact) mass is 279 g/mol. The quantitative estimate of drug-likeness (QED) is 0.758. The molecule has 100 valence electrons. The van der Waals surface area contributed by atoms with Crippen LogP contribution in [0.5, 0.6) is 0 Å². The predicted octanol–water partition coefficient (Wildman–Crippen LogP) is 3.19. The van der Waals surface area contributed by atoms with E-state index in [0.717, 1.165) is 0 Å². The highest BCUT2D eigenvalue weighted by atomic mass is 35.5. The van der Waals surface area contributed by atoms with Crippen LogP contribution in [0.25, 0.3) is 0 Å². The van der Waals surface area contributed by atoms with E-state index in [2.05, 4.69) is 0 Å². The molecule has 0 spiro atoms. The van der Waals surface area contributed by atoms with Crippen molar-refractivity contribution in [2.45, 2.75) is 13.3 Å². The Labute approximate surface area is 108 Å². The third-order valence-electron chi connectivity index (χ3n) is 2.36. The summed E-state index contributed by atoms with van der Waals surface area (Å²) < 4.78 is 39.6. The first kappa shape index (κ1) is 14.8. The van der Waals surface area contributed by atoms with Crippen LogP contribution >= 0.6 is 11.6 Å². The molecule has 2 nitrogen and oxygen atoms in total. The molecule has 0 aliphatic rings. The Hall–Kier alpha value is -1.23. The molecule has 6 heteroatoms. The molecule has 1 aromatic carbocycles. The second kappa shape index (κ2) is 6.64. The summed E-state index contributed by atoms with van der Waals surface area (Å²) in [6, 6.07) is 0.974. The Bertz CT molecular complexity index is 410. The zero-order valence-electron chi connectivity index (χ0n) is 9.85. The van der Waals surface area contributed by atoms with Gasteiger partial charge < -0.3 is 4.90 Å². The van der Waals surface area contributed by atoms with Crippen molar-refractivity contribution < 1.29 is 18.0 Å². The van der Waals surface area contributed by atoms with Crippen LogP contribution < -0.4 is 0 Å². The van der Waals surface area contributed by atoms with Gasteiger partial charge in [-0.15, -0.1) is 11.6 Å². The van der Waals surface area contributed by atoms with E-state index in [1.54, 1.807) is 0 Å². The summed E-state index contributed by atoms with van der Waals surface area (Å²) in [7, 11) is 0. The van der Waals surface area contributed by atoms with Crippen LogP contribution in [0.4, 0.5) is 13.2 Å². The van der Waals surface area contributed by atoms with E-state index in [9.17, 15) is 18.0 Å². The highest BCUT2D eigenvalue weighted by Crippen LogP contribution is 2.17. The second-order valence-electron chi connectivity index (χ2n) is 3.73. The van der Waals surface area contributed by atoms with Crippen LogP contribution in [0.1, 0.15) is 23.7 Å². The fourth-order valence-electron chi connectivity index (χ4n) is 1.59. The Morgan fingerprint density at radius 3 is 2.22 bits per heavy atom. The molecule has 1 rings (SSSR count). The molecule has 0 bridgehead atoms. The summed E-state index contributed by atoms with van der Waals surface area (Å²) in [4.78, 5) is 13.2. The van der Waals surface area contributed by atoms with Gasteiger partial charge in [0.1, 0.15) is 23.0 Å². The smallest absolute Gasteiger partial charge is 0.259 e. The number of carbonyl (C=O) groups excluding carboxylic acids is 1. The normalized spacial score (nSPS) is 10.5. The van der Waals surface area contributed by atoms with Crippen LogP contribution in [-0.2, 0) is 0 Å². The van der Waals surface area contributed by atoms with Crippen LogP contribution in [0, 0.1) is 17.5 Å². The van der Waals surface area contributed by atoms with Gasteiger partial charge in [0.15, 0.2) is 0 Å². The van der Waals surface area contributed by atoms with Gasteiger partial charge >= 0.3 is 0 Å². The lowest BCUT2D eigenvalue weighted by molar-refractivity contribution is 0.0755. The summed E-state index contributed by atoms with van der Waals surface area (Å²) in [6.45, 7) is 2.35. The molecular formula is C12H13ClF3NO. The van der Waals surface area contributed by atoms with E-state index in [1.165, 1.54) is 4.90 Å². The van der Waals surface area contributed by atoms with E-state index in [-0.39, 0.29) is 12.4 Å². The number of carbonyl (C=O) groups is 1. The highest BCUT2D eigenvalue weighted by molar-refractivity contribution is 6.18. The topological polar surface area (TPSA) is 20.3 Å². The molecular weight excluding hydrogens is 267 g/mol. The molecule has 0 aromatic heterocycles. The summed E-state index contributed by atoms with van der Waals surface area (Å²) in [5.74, 6) is -4.11. The zero-order valence-corrected chi connectivity index (χ0v) is 10.6. The first-order valence-electron chi connectivity index (χ1n) is 5.51. The lowest BCUT2D eigenvalue weighted by Gasteiger charge is -2.21. The molecule has 0 atom stereocenters. The van der Waals surface area contributed by atoms with Gasteiger partial charge in [-0.3, -0.25) is 4.79 Å². The van der Waals surface area contributed by atoms with Gasteiger partial charge in [0, 0.05) is 31.1 Å². The number of benzene rings is 1. The molecule has 0 aliphatic heterocycles. The maximum Gasteiger partial charge on any atom is 0.259 e. The molecule has 0 fully saturated rings. The molecule has 1 aromatic rings. The van der Waals surface area contributed by atoms with E-state index >= 15 is 0 Å². The summed E-state index contributed by atoms with van der Waals surface area (Å²) >= 11 is 5.53. The number of rotatable bonds is 5. The van der Waals surface area contributed by atoms with Crippen molar-refractivity contribution in [3.63, 3.8) is 0 Å². The van der Waals surface area contributed by atoms with Crippen LogP contribution in [0.15, 0.2) is 12.1 Å². The van der Waals surface area contributed by atoms with Crippen LogP contribution in [0.3, 0.4) is 0 Å². The van der Waals surface area contributed by atoms with Gasteiger partial charge in [-0.25, -0.2) is 13.2 Å². The average Bonchev–Trinajstić information content (AvgIpc) is 2.27. The summed E-state index contributed by atoms with van der Waals surface area (Å²) in [5, 5.41) is 0. The molecule has 0 aliphatic carbocycles. The fourth-order valence-corrected chi connectivity index (χ4v) is 1.80. The predicted molar refractivity (Wildman–Crippen MR) is 63.2 cm³/mol. The minimum absolute atomic E-state index is 0.163. The van der Waals surface area contributed by atoms with Gasteiger partial charge in [0.25, 0.3) is 5.91 Å². The third-order valence-corrected chi connectivity index (χ3v) is 2.52. The van der Waals surface area contributed by atoms with Gasteiger partial charge in [-0.05, 0) is 6.42 Å². The number of hydrogen-bond donors (Lipinski definition) is 0. The molecule has 0 heterocycles. The van der Waals surface area contributed by atoms with Gasteiger partial charge in [-0.2, -0.15) is 0 Å². The largest absolute Gasteiger partial charge is 0.337 e. The van der Waals surface area contributed by atoms with E-state index in [1.807, 2.05) is 6.92 Å². The molecule has 1 amide bonds. The van der Waals surface area contributed by atoms with Crippen LogP contribution in [0.2, 0.25) is 0 Å². The molecule has 0 unspecified atom stereocenters. The highest BCUT2D eigenvalue weighted by Gasteiger charge is 2.23. The van der Waals surface area contributed by atoms with Gasteiger partial charge in [0.05, 0.1) is 0 Å². The fraction of sp³-hybridized carbons (Fsp3) is 0.417. The molecule has 0 saturated heterocycles. The zero-order chi connectivity index (χ0) is 13.7. The lowest BCUT2D eigenvalue weighted by atomic mass is 10.1. The average molecular weight is 280 g/mol. The number of alkyl halides is 1. The molecule has 0 radical (unpaired) electrons. The first-order chi connectivity index (χ1) is 8.51. The minimum Gasteiger partial charge on any atom is -0.337 e. The lowest BCUT2D eigenvalue weighted by Crippen LogP contribution is -2.34. The Morgan fingerprint density at radius 1 is 1.22 bits per heavy atom. The van der Waals surface area contributed by atoms with E-state index in [0.29, 0.717) is 25.1 Å². The van der Waals surface area contributed by atoms with E-state index < -0.39 is 28.9 Å². The van der Waals surface area contributed by atoms with Crippen molar-refractivity contribution in [1.29, 1.82) is 0 Å². The Balaban J connectivity index is 3.08. The molecule has 18 heavy (non-hydrogen) atoms. The maximum atomic E-state index is 13.4. The minimum atomic E-state index is -1.20. The Morgan fingerprint density at radius 2 is 1.78 bits per heavy atom. The molecule has 0 saturated carbocycles. The van der Waals surface area contributed by atoms with Gasteiger partial charge in [-0.1, -0.05) is 6.92 Å². The first-order valence-corrected chi connectivity index (χ1v) is 6.04. The van der Waals surface area contributed by atoms with Crippen molar-refractivity contribution >= 4 is 17.5 Å². The number of halogens is 4. The molecule has 0 N–H and O–H groups in total. The number of amides is 1. The number of nitrogens with zero attached hydrogens (tertiary/aromatic N) is 1. The van der Waals surface area contributed by atoms with E-state index in [4.69, 9.17) is 11.6 Å². The van der Waals surface area contributed by atoms with Crippen LogP contribution in [-0.4, -0.2) is 29.8 Å². The van der Waals surface area contributed by atoms with Crippen molar-refractivity contribution in [2.75, 3.05) is 19.0 Å². The van der Waals surface area contributed by atoms with Crippen molar-refractivity contribution in [3.05, 3.63) is 35.1 Å². The number of hydrogen-bond acceptors (Lipinski definition) is 1. The third kappa shape index (κ3) is 3.38. The second-order valence-corrected chi connectivity index (χ2v) is 4.10.